The summed E-state index contributed by atoms with van der Waals surface area (Å²) < 4.78 is 0. The molecule has 1 aliphatic heterocycles. The van der Waals surface area contributed by atoms with Gasteiger partial charge in [0.1, 0.15) is 6.54 Å². The van der Waals surface area contributed by atoms with Gasteiger partial charge < -0.3 is 20.4 Å². The van der Waals surface area contributed by atoms with Gasteiger partial charge in [0.2, 0.25) is 5.91 Å². The van der Waals surface area contributed by atoms with Crippen molar-refractivity contribution in [3.63, 3.8) is 0 Å². The van der Waals surface area contributed by atoms with Crippen LogP contribution in [-0.4, -0.2) is 74.0 Å². The van der Waals surface area contributed by atoms with E-state index in [1.54, 1.807) is 19.0 Å². The lowest BCUT2D eigenvalue weighted by Gasteiger charge is -2.39. The largest absolute Gasteiger partial charge is 0.356 e. The van der Waals surface area contributed by atoms with Crippen LogP contribution >= 0.6 is 24.0 Å². The lowest BCUT2D eigenvalue weighted by Crippen LogP contribution is -2.51. The number of carbonyl (C=O) groups excluding carboxylic acids is 1. The summed E-state index contributed by atoms with van der Waals surface area (Å²) in [5, 5.41) is 6.96. The van der Waals surface area contributed by atoms with Gasteiger partial charge in [-0.3, -0.25) is 4.79 Å². The molecule has 0 spiro atoms. The highest BCUT2D eigenvalue weighted by Crippen LogP contribution is 2.25. The number of rotatable bonds is 6. The maximum Gasteiger partial charge on any atom is 0.243 e. The van der Waals surface area contributed by atoms with Crippen molar-refractivity contribution in [1.29, 1.82) is 0 Å². The molecule has 0 aromatic carbocycles. The Balaban J connectivity index is 0.00000364. The third kappa shape index (κ3) is 8.98. The highest BCUT2D eigenvalue weighted by molar-refractivity contribution is 14.0. The van der Waals surface area contributed by atoms with E-state index in [2.05, 4.69) is 34.4 Å². The average Bonchev–Trinajstić information content (AvgIpc) is 2.64. The predicted molar refractivity (Wildman–Crippen MR) is 124 cm³/mol. The number of piperidine rings is 1. The summed E-state index contributed by atoms with van der Waals surface area (Å²) in [5.41, 5.74) is 0. The van der Waals surface area contributed by atoms with Gasteiger partial charge in [0.15, 0.2) is 5.96 Å². The molecule has 158 valence electrons. The third-order valence-electron chi connectivity index (χ3n) is 5.51. The van der Waals surface area contributed by atoms with Crippen LogP contribution in [0.1, 0.15) is 58.8 Å². The van der Waals surface area contributed by atoms with Gasteiger partial charge in [0.25, 0.3) is 0 Å². The fourth-order valence-electron chi connectivity index (χ4n) is 3.79. The van der Waals surface area contributed by atoms with E-state index in [0.29, 0.717) is 12.0 Å². The zero-order valence-corrected chi connectivity index (χ0v) is 20.0. The van der Waals surface area contributed by atoms with Gasteiger partial charge in [-0.15, -0.1) is 24.0 Å². The molecule has 2 N–H and O–H groups in total. The molecule has 2 rings (SSSR count). The first-order valence-electron chi connectivity index (χ1n) is 10.4. The number of nitrogens with one attached hydrogen (secondary N) is 2. The Kier molecular flexibility index (Phi) is 11.6. The fourth-order valence-corrected chi connectivity index (χ4v) is 3.79. The Morgan fingerprint density at radius 3 is 2.30 bits per heavy atom. The first-order chi connectivity index (χ1) is 12.5. The standard InChI is InChI=1S/C20H39N5O.HI/c1-16(2)14-21-20(22-15-19(26)24(3)4)23-17-10-12-25(13-11-17)18-8-6-5-7-9-18;/h16-18H,5-15H2,1-4H3,(H2,21,22,23);1H. The molecule has 27 heavy (non-hydrogen) atoms. The number of amides is 1. The van der Waals surface area contributed by atoms with Crippen LogP contribution in [-0.2, 0) is 4.79 Å². The van der Waals surface area contributed by atoms with E-state index in [1.807, 2.05) is 0 Å². The Morgan fingerprint density at radius 1 is 1.11 bits per heavy atom. The molecule has 0 aromatic rings. The minimum Gasteiger partial charge on any atom is -0.356 e. The molecule has 1 heterocycles. The van der Waals surface area contributed by atoms with Crippen molar-refractivity contribution in [2.24, 2.45) is 10.9 Å². The van der Waals surface area contributed by atoms with Crippen LogP contribution in [0, 0.1) is 5.92 Å². The lowest BCUT2D eigenvalue weighted by molar-refractivity contribution is -0.127. The number of carbonyl (C=O) groups is 1. The maximum atomic E-state index is 11.9. The molecule has 2 aliphatic rings. The zero-order valence-electron chi connectivity index (χ0n) is 17.7. The molecule has 1 amide bonds. The lowest BCUT2D eigenvalue weighted by atomic mass is 9.92. The summed E-state index contributed by atoms with van der Waals surface area (Å²) in [5.74, 6) is 1.35. The van der Waals surface area contributed by atoms with Gasteiger partial charge in [-0.2, -0.15) is 0 Å². The molecule has 0 bridgehead atoms. The second kappa shape index (κ2) is 12.8. The number of likely N-dealkylation sites (N-methyl/N-ethyl adjacent to an activating group) is 1. The Labute approximate surface area is 182 Å². The first-order valence-corrected chi connectivity index (χ1v) is 10.4. The highest BCUT2D eigenvalue weighted by atomic mass is 127. The molecular formula is C20H40IN5O. The summed E-state index contributed by atoms with van der Waals surface area (Å²) in [6.07, 6.45) is 9.29. The van der Waals surface area contributed by atoms with Crippen LogP contribution in [0.4, 0.5) is 0 Å². The van der Waals surface area contributed by atoms with Crippen LogP contribution in [0.15, 0.2) is 4.99 Å². The summed E-state index contributed by atoms with van der Waals surface area (Å²) in [4.78, 5) is 20.7. The van der Waals surface area contributed by atoms with Crippen molar-refractivity contribution < 1.29 is 4.79 Å². The molecule has 0 unspecified atom stereocenters. The van der Waals surface area contributed by atoms with Crippen molar-refractivity contribution in [3.05, 3.63) is 0 Å². The number of halogens is 1. The molecule has 1 saturated carbocycles. The summed E-state index contributed by atoms with van der Waals surface area (Å²) >= 11 is 0. The van der Waals surface area contributed by atoms with Crippen LogP contribution < -0.4 is 10.6 Å². The van der Waals surface area contributed by atoms with E-state index in [4.69, 9.17) is 0 Å². The Bertz CT molecular complexity index is 455. The molecule has 6 nitrogen and oxygen atoms in total. The van der Waals surface area contributed by atoms with E-state index in [9.17, 15) is 4.79 Å². The molecule has 7 heteroatoms. The second-order valence-corrected chi connectivity index (χ2v) is 8.47. The van der Waals surface area contributed by atoms with Crippen LogP contribution in [0.2, 0.25) is 0 Å². The minimum atomic E-state index is 0. The van der Waals surface area contributed by atoms with Crippen LogP contribution in [0.3, 0.4) is 0 Å². The average molecular weight is 493 g/mol. The van der Waals surface area contributed by atoms with E-state index >= 15 is 0 Å². The van der Waals surface area contributed by atoms with Crippen molar-refractivity contribution in [2.45, 2.75) is 70.9 Å². The quantitative estimate of drug-likeness (QED) is 0.340. The Morgan fingerprint density at radius 2 is 1.74 bits per heavy atom. The van der Waals surface area contributed by atoms with E-state index in [1.165, 1.54) is 45.2 Å². The molecule has 1 aliphatic carbocycles. The predicted octanol–water partition coefficient (Wildman–Crippen LogP) is 2.68. The van der Waals surface area contributed by atoms with Gasteiger partial charge >= 0.3 is 0 Å². The van der Waals surface area contributed by atoms with Gasteiger partial charge in [-0.05, 0) is 31.6 Å². The number of nitrogens with zero attached hydrogens (tertiary/aromatic N) is 3. The third-order valence-corrected chi connectivity index (χ3v) is 5.51. The topological polar surface area (TPSA) is 60.0 Å². The molecule has 0 atom stereocenters. The van der Waals surface area contributed by atoms with E-state index < -0.39 is 0 Å². The van der Waals surface area contributed by atoms with Crippen molar-refractivity contribution >= 4 is 35.8 Å². The first kappa shape index (κ1) is 24.5. The van der Waals surface area contributed by atoms with Gasteiger partial charge in [0, 0.05) is 45.8 Å². The normalized spacial score (nSPS) is 20.3. The van der Waals surface area contributed by atoms with Gasteiger partial charge in [0.05, 0.1) is 0 Å². The van der Waals surface area contributed by atoms with Crippen molar-refractivity contribution in [3.8, 4) is 0 Å². The van der Waals surface area contributed by atoms with E-state index in [-0.39, 0.29) is 36.4 Å². The minimum absolute atomic E-state index is 0. The van der Waals surface area contributed by atoms with Crippen molar-refractivity contribution in [2.75, 3.05) is 40.3 Å². The molecule has 2 fully saturated rings. The number of guanidine groups is 1. The number of likely N-dealkylation sites (tertiary alicyclic amines) is 1. The SMILES string of the molecule is CC(C)CNC(=NCC(=O)N(C)C)NC1CCN(C2CCCCC2)CC1.I. The maximum absolute atomic E-state index is 11.9. The molecule has 1 saturated heterocycles. The second-order valence-electron chi connectivity index (χ2n) is 8.47. The summed E-state index contributed by atoms with van der Waals surface area (Å²) in [7, 11) is 3.54. The summed E-state index contributed by atoms with van der Waals surface area (Å²) in [6.45, 7) is 7.77. The van der Waals surface area contributed by atoms with Gasteiger partial charge in [-0.25, -0.2) is 4.99 Å². The van der Waals surface area contributed by atoms with Gasteiger partial charge in [-0.1, -0.05) is 33.1 Å². The Hall–Kier alpha value is -0.570. The van der Waals surface area contributed by atoms with Crippen LogP contribution in [0.25, 0.3) is 0 Å². The fraction of sp³-hybridized carbons (Fsp3) is 0.900. The highest BCUT2D eigenvalue weighted by Gasteiger charge is 2.26. The number of hydrogen-bond donors (Lipinski definition) is 2. The van der Waals surface area contributed by atoms with Crippen LogP contribution in [0.5, 0.6) is 0 Å². The molecule has 0 radical (unpaired) electrons. The van der Waals surface area contributed by atoms with Crippen molar-refractivity contribution in [1.82, 2.24) is 20.4 Å². The monoisotopic (exact) mass is 493 g/mol. The summed E-state index contributed by atoms with van der Waals surface area (Å²) in [6, 6.07) is 1.26. The molecule has 0 aromatic heterocycles. The molecular weight excluding hydrogens is 453 g/mol. The zero-order chi connectivity index (χ0) is 18.9. The van der Waals surface area contributed by atoms with E-state index in [0.717, 1.165) is 31.4 Å². The smallest absolute Gasteiger partial charge is 0.243 e. The number of hydrogen-bond acceptors (Lipinski definition) is 3. The number of aliphatic imine (C=N–C) groups is 1.